The van der Waals surface area contributed by atoms with Crippen molar-refractivity contribution in [3.05, 3.63) is 39.9 Å². The van der Waals surface area contributed by atoms with E-state index >= 15 is 0 Å². The number of amidine groups is 1. The monoisotopic (exact) mass is 302 g/mol. The molecule has 1 atom stereocenters. The number of rotatable bonds is 3. The van der Waals surface area contributed by atoms with Crippen molar-refractivity contribution in [3.63, 3.8) is 0 Å². The fraction of sp³-hybridized carbons (Fsp3) is 0.429. The maximum Gasteiger partial charge on any atom is 0.270 e. The van der Waals surface area contributed by atoms with Gasteiger partial charge in [0.1, 0.15) is 5.84 Å². The molecule has 0 radical (unpaired) electrons. The minimum atomic E-state index is -1.09. The van der Waals surface area contributed by atoms with Crippen LogP contribution in [0.1, 0.15) is 31.2 Å². The Balaban J connectivity index is 1.98. The van der Waals surface area contributed by atoms with E-state index in [2.05, 4.69) is 15.3 Å². The lowest BCUT2D eigenvalue weighted by molar-refractivity contribution is -0.384. The summed E-state index contributed by atoms with van der Waals surface area (Å²) in [5.74, 6) is -0.343. The summed E-state index contributed by atoms with van der Waals surface area (Å²) in [4.78, 5) is 19.2. The molecule has 3 rings (SSSR count). The van der Waals surface area contributed by atoms with Crippen molar-refractivity contribution in [2.24, 2.45) is 27.4 Å². The van der Waals surface area contributed by atoms with Gasteiger partial charge in [-0.25, -0.2) is 9.98 Å². The summed E-state index contributed by atoms with van der Waals surface area (Å²) >= 11 is 0. The van der Waals surface area contributed by atoms with E-state index in [1.807, 2.05) is 0 Å². The lowest BCUT2D eigenvalue weighted by atomic mass is 9.99. The van der Waals surface area contributed by atoms with Gasteiger partial charge in [0.25, 0.3) is 5.69 Å². The summed E-state index contributed by atoms with van der Waals surface area (Å²) in [6.45, 7) is 0. The van der Waals surface area contributed by atoms with E-state index in [9.17, 15) is 10.1 Å². The Morgan fingerprint density at radius 1 is 1.32 bits per heavy atom. The van der Waals surface area contributed by atoms with E-state index in [-0.39, 0.29) is 17.6 Å². The Bertz CT molecular complexity index is 665. The molecule has 0 bridgehead atoms. The van der Waals surface area contributed by atoms with Crippen LogP contribution in [0.2, 0.25) is 0 Å². The third-order valence-electron chi connectivity index (χ3n) is 4.12. The molecule has 1 fully saturated rings. The Morgan fingerprint density at radius 3 is 2.73 bits per heavy atom. The predicted octanol–water partition coefficient (Wildman–Crippen LogP) is 1.06. The molecule has 2 aliphatic rings. The van der Waals surface area contributed by atoms with Gasteiger partial charge in [-0.1, -0.05) is 25.0 Å². The van der Waals surface area contributed by atoms with Crippen LogP contribution in [-0.4, -0.2) is 22.5 Å². The zero-order valence-corrected chi connectivity index (χ0v) is 12.0. The minimum Gasteiger partial charge on any atom is -0.370 e. The van der Waals surface area contributed by atoms with Gasteiger partial charge in [-0.3, -0.25) is 15.8 Å². The van der Waals surface area contributed by atoms with Gasteiger partial charge in [0.2, 0.25) is 5.79 Å². The fourth-order valence-electron chi connectivity index (χ4n) is 3.01. The first-order chi connectivity index (χ1) is 10.5. The predicted molar refractivity (Wildman–Crippen MR) is 83.3 cm³/mol. The van der Waals surface area contributed by atoms with Crippen molar-refractivity contribution < 1.29 is 4.92 Å². The molecule has 1 unspecified atom stereocenters. The highest BCUT2D eigenvalue weighted by Crippen LogP contribution is 2.35. The molecule has 1 aliphatic heterocycles. The second kappa shape index (κ2) is 5.38. The van der Waals surface area contributed by atoms with Gasteiger partial charge < -0.3 is 11.1 Å². The van der Waals surface area contributed by atoms with Crippen molar-refractivity contribution in [2.45, 2.75) is 31.5 Å². The van der Waals surface area contributed by atoms with E-state index in [4.69, 9.17) is 11.5 Å². The van der Waals surface area contributed by atoms with Crippen molar-refractivity contribution in [2.75, 3.05) is 0 Å². The average molecular weight is 302 g/mol. The number of nitrogens with two attached hydrogens (primary N) is 2. The Hall–Kier alpha value is -2.48. The second-order valence-corrected chi connectivity index (χ2v) is 5.65. The van der Waals surface area contributed by atoms with Crippen LogP contribution >= 0.6 is 0 Å². The SMILES string of the molecule is NC1=NC(N)(C2CCCC2)N=C(c2cccc([N+](=O)[O-])c2)N1. The van der Waals surface area contributed by atoms with Crippen LogP contribution in [0, 0.1) is 16.0 Å². The molecule has 1 aliphatic carbocycles. The molecule has 1 aromatic carbocycles. The smallest absolute Gasteiger partial charge is 0.270 e. The molecule has 116 valence electrons. The van der Waals surface area contributed by atoms with Gasteiger partial charge in [-0.05, 0) is 12.8 Å². The highest BCUT2D eigenvalue weighted by molar-refractivity contribution is 6.10. The van der Waals surface area contributed by atoms with Gasteiger partial charge in [-0.2, -0.15) is 0 Å². The first-order valence-electron chi connectivity index (χ1n) is 7.24. The highest BCUT2D eigenvalue weighted by atomic mass is 16.6. The summed E-state index contributed by atoms with van der Waals surface area (Å²) in [6.07, 6.45) is 4.13. The number of nitro groups is 1. The van der Waals surface area contributed by atoms with Gasteiger partial charge in [-0.15, -0.1) is 0 Å². The maximum absolute atomic E-state index is 10.9. The molecule has 8 nitrogen and oxygen atoms in total. The van der Waals surface area contributed by atoms with Crippen LogP contribution < -0.4 is 16.8 Å². The van der Waals surface area contributed by atoms with Crippen LogP contribution in [0.15, 0.2) is 34.3 Å². The number of nitro benzene ring substituents is 1. The number of aliphatic imine (C=N–C) groups is 2. The van der Waals surface area contributed by atoms with Gasteiger partial charge >= 0.3 is 0 Å². The quantitative estimate of drug-likeness (QED) is 0.567. The molecule has 8 heteroatoms. The van der Waals surface area contributed by atoms with Crippen LogP contribution in [0.4, 0.5) is 5.69 Å². The number of hydrogen-bond acceptors (Lipinski definition) is 7. The van der Waals surface area contributed by atoms with Crippen LogP contribution in [0.25, 0.3) is 0 Å². The van der Waals surface area contributed by atoms with Crippen LogP contribution in [0.3, 0.4) is 0 Å². The first kappa shape index (κ1) is 14.5. The summed E-state index contributed by atoms with van der Waals surface area (Å²) in [6, 6.07) is 6.20. The summed E-state index contributed by atoms with van der Waals surface area (Å²) in [5, 5.41) is 13.8. The average Bonchev–Trinajstić information content (AvgIpc) is 3.01. The number of non-ortho nitro benzene ring substituents is 1. The fourth-order valence-corrected chi connectivity index (χ4v) is 3.01. The topological polar surface area (TPSA) is 132 Å². The normalized spacial score (nSPS) is 25.3. The summed E-state index contributed by atoms with van der Waals surface area (Å²) in [7, 11) is 0. The Morgan fingerprint density at radius 2 is 2.05 bits per heavy atom. The largest absolute Gasteiger partial charge is 0.370 e. The van der Waals surface area contributed by atoms with Gasteiger partial charge in [0, 0.05) is 23.6 Å². The first-order valence-corrected chi connectivity index (χ1v) is 7.24. The van der Waals surface area contributed by atoms with Crippen LogP contribution in [-0.2, 0) is 0 Å². The lowest BCUT2D eigenvalue weighted by Gasteiger charge is -2.32. The second-order valence-electron chi connectivity index (χ2n) is 5.65. The molecule has 0 saturated heterocycles. The number of nitrogens with one attached hydrogen (secondary N) is 1. The van der Waals surface area contributed by atoms with Crippen molar-refractivity contribution >= 4 is 17.5 Å². The molecule has 0 aromatic heterocycles. The third-order valence-corrected chi connectivity index (χ3v) is 4.12. The Labute approximate surface area is 127 Å². The highest BCUT2D eigenvalue weighted by Gasteiger charge is 2.39. The molecule has 0 spiro atoms. The molecular formula is C14H18N6O2. The zero-order valence-electron chi connectivity index (χ0n) is 12.0. The molecule has 1 heterocycles. The third kappa shape index (κ3) is 2.64. The molecule has 1 aromatic rings. The molecule has 5 N–H and O–H groups in total. The van der Waals surface area contributed by atoms with Crippen molar-refractivity contribution in [1.82, 2.24) is 5.32 Å². The van der Waals surface area contributed by atoms with Gasteiger partial charge in [0.05, 0.1) is 4.92 Å². The van der Waals surface area contributed by atoms with E-state index in [1.165, 1.54) is 12.1 Å². The lowest BCUT2D eigenvalue weighted by Crippen LogP contribution is -2.53. The number of hydrogen-bond donors (Lipinski definition) is 3. The molecular weight excluding hydrogens is 284 g/mol. The number of guanidine groups is 1. The standard InChI is InChI=1S/C14H18N6O2/c15-13-17-12(9-4-3-7-11(8-9)20(21)22)18-14(16,19-13)10-5-1-2-6-10/h3-4,7-8,10H,1-2,5-6,16H2,(H3,15,17,18,19). The van der Waals surface area contributed by atoms with Gasteiger partial charge in [0.15, 0.2) is 5.96 Å². The summed E-state index contributed by atoms with van der Waals surface area (Å²) in [5.41, 5.74) is 12.8. The number of nitrogens with zero attached hydrogens (tertiary/aromatic N) is 3. The minimum absolute atomic E-state index is 0.00780. The zero-order chi connectivity index (χ0) is 15.7. The van der Waals surface area contributed by atoms with Crippen LogP contribution in [0.5, 0.6) is 0 Å². The maximum atomic E-state index is 10.9. The van der Waals surface area contributed by atoms with E-state index < -0.39 is 10.7 Å². The van der Waals surface area contributed by atoms with Crippen molar-refractivity contribution in [1.29, 1.82) is 0 Å². The van der Waals surface area contributed by atoms with Crippen molar-refractivity contribution in [3.8, 4) is 0 Å². The Kier molecular flexibility index (Phi) is 3.53. The molecule has 22 heavy (non-hydrogen) atoms. The summed E-state index contributed by atoms with van der Waals surface area (Å²) < 4.78 is 0. The number of benzene rings is 1. The van der Waals surface area contributed by atoms with E-state index in [1.54, 1.807) is 12.1 Å². The van der Waals surface area contributed by atoms with E-state index in [0.717, 1.165) is 25.7 Å². The molecule has 1 saturated carbocycles. The molecule has 0 amide bonds. The van der Waals surface area contributed by atoms with E-state index in [0.29, 0.717) is 11.4 Å².